The van der Waals surface area contributed by atoms with Gasteiger partial charge in [-0.15, -0.1) is 0 Å². The second-order valence-electron chi connectivity index (χ2n) is 21.0. The van der Waals surface area contributed by atoms with Gasteiger partial charge in [0.25, 0.3) is 0 Å². The number of ether oxygens (including phenoxy) is 4. The predicted octanol–water partition coefficient (Wildman–Crippen LogP) is 6.77. The van der Waals surface area contributed by atoms with Crippen LogP contribution in [0.15, 0.2) is 159 Å². The number of carboxylic acids is 1. The summed E-state index contributed by atoms with van der Waals surface area (Å²) in [6.45, 7) is 3.96. The highest BCUT2D eigenvalue weighted by Gasteiger charge is 2.33. The molecule has 0 saturated heterocycles. The SMILES string of the molecule is C=CCOC(=O)[C@H](CC(=O)NCCCC[C@H](NC(=O)OCC1c2ccccc2-c2ccccc21)C(=O)N[C@@H](CCCCNC(=O)OCc1ccc(Cl)cc1)C(=O)O)NC(=O)[C@H](Cc1cn(COCc2ccccc2)cn1)NC(=O)[C@@H](N)Cc1ccccc1. The Morgan fingerprint density at radius 2 is 1.19 bits per heavy atom. The molecule has 464 valence electrons. The largest absolute Gasteiger partial charge is 0.480 e. The number of imidazole rings is 1. The molecule has 23 heteroatoms. The Balaban J connectivity index is 0.949. The maximum absolute atomic E-state index is 14.2. The zero-order chi connectivity index (χ0) is 62.6. The molecule has 5 aromatic carbocycles. The van der Waals surface area contributed by atoms with Crippen LogP contribution in [0.3, 0.4) is 0 Å². The van der Waals surface area contributed by atoms with E-state index in [4.69, 9.17) is 36.3 Å². The van der Waals surface area contributed by atoms with Crippen molar-refractivity contribution in [3.8, 4) is 11.1 Å². The molecule has 0 unspecified atom stereocenters. The number of halogens is 1. The lowest BCUT2D eigenvalue weighted by molar-refractivity contribution is -0.148. The van der Waals surface area contributed by atoms with E-state index < -0.39 is 84.4 Å². The number of amides is 6. The Labute approximate surface area is 515 Å². The topological polar surface area (TPSA) is 310 Å². The lowest BCUT2D eigenvalue weighted by atomic mass is 9.98. The number of fused-ring (bicyclic) bond motifs is 3. The van der Waals surface area contributed by atoms with E-state index in [1.165, 1.54) is 12.4 Å². The Morgan fingerprint density at radius 1 is 0.614 bits per heavy atom. The molecule has 6 amide bonds. The van der Waals surface area contributed by atoms with Crippen molar-refractivity contribution in [2.24, 2.45) is 5.73 Å². The molecule has 1 heterocycles. The minimum atomic E-state index is -1.54. The smallest absolute Gasteiger partial charge is 0.407 e. The van der Waals surface area contributed by atoms with Crippen LogP contribution in [0.5, 0.6) is 0 Å². The van der Waals surface area contributed by atoms with E-state index in [2.05, 4.69) is 43.5 Å². The second kappa shape index (κ2) is 34.7. The summed E-state index contributed by atoms with van der Waals surface area (Å²) in [5, 5.41) is 26.5. The molecular formula is C65H74ClN9O13. The first-order valence-corrected chi connectivity index (χ1v) is 29.4. The molecule has 0 saturated carbocycles. The summed E-state index contributed by atoms with van der Waals surface area (Å²) in [6.07, 6.45) is 3.41. The van der Waals surface area contributed by atoms with Crippen LogP contribution >= 0.6 is 11.6 Å². The van der Waals surface area contributed by atoms with Crippen LogP contribution < -0.4 is 37.6 Å². The summed E-state index contributed by atoms with van der Waals surface area (Å²) in [4.78, 5) is 112. The summed E-state index contributed by atoms with van der Waals surface area (Å²) in [5.74, 6) is -5.50. The van der Waals surface area contributed by atoms with Gasteiger partial charge in [-0.25, -0.2) is 24.2 Å². The van der Waals surface area contributed by atoms with Crippen LogP contribution in [0.2, 0.25) is 5.02 Å². The highest BCUT2D eigenvalue weighted by Crippen LogP contribution is 2.44. The second-order valence-corrected chi connectivity index (χ2v) is 21.4. The number of benzene rings is 5. The van der Waals surface area contributed by atoms with Crippen LogP contribution in [0.4, 0.5) is 9.59 Å². The van der Waals surface area contributed by atoms with Gasteiger partial charge in [-0.1, -0.05) is 146 Å². The maximum Gasteiger partial charge on any atom is 0.407 e. The van der Waals surface area contributed by atoms with Crippen LogP contribution in [-0.2, 0) is 80.5 Å². The van der Waals surface area contributed by atoms with Gasteiger partial charge in [-0.05, 0) is 96.0 Å². The van der Waals surface area contributed by atoms with Crippen LogP contribution in [0, 0.1) is 0 Å². The third kappa shape index (κ3) is 21.2. The number of nitrogens with two attached hydrogens (primary N) is 1. The number of hydrogen-bond acceptors (Lipinski definition) is 14. The minimum Gasteiger partial charge on any atom is -0.480 e. The lowest BCUT2D eigenvalue weighted by Crippen LogP contribution is -2.56. The molecule has 0 fully saturated rings. The fourth-order valence-electron chi connectivity index (χ4n) is 9.77. The average Bonchev–Trinajstić information content (AvgIpc) is 2.52. The number of rotatable bonds is 35. The van der Waals surface area contributed by atoms with Crippen molar-refractivity contribution in [2.75, 3.05) is 26.3 Å². The normalized spacial score (nSPS) is 13.2. The number of hydrogen-bond donors (Lipinski definition) is 8. The zero-order valence-corrected chi connectivity index (χ0v) is 49.4. The molecule has 0 radical (unpaired) electrons. The van der Waals surface area contributed by atoms with Crippen molar-refractivity contribution in [1.29, 1.82) is 0 Å². The summed E-state index contributed by atoms with van der Waals surface area (Å²) in [6, 6.07) is 34.5. The molecule has 0 bridgehead atoms. The summed E-state index contributed by atoms with van der Waals surface area (Å²) >= 11 is 5.93. The number of alkyl carbamates (subject to hydrolysis) is 2. The first kappa shape index (κ1) is 66.2. The lowest BCUT2D eigenvalue weighted by Gasteiger charge is -2.23. The molecule has 22 nitrogen and oxygen atoms in total. The summed E-state index contributed by atoms with van der Waals surface area (Å²) in [5.41, 5.74) is 13.2. The van der Waals surface area contributed by atoms with Gasteiger partial charge in [0.2, 0.25) is 23.6 Å². The van der Waals surface area contributed by atoms with Gasteiger partial charge >= 0.3 is 24.1 Å². The number of carbonyl (C=O) groups is 8. The van der Waals surface area contributed by atoms with Gasteiger partial charge in [0.05, 0.1) is 31.1 Å². The van der Waals surface area contributed by atoms with Crippen molar-refractivity contribution in [3.63, 3.8) is 0 Å². The highest BCUT2D eigenvalue weighted by molar-refractivity contribution is 6.30. The highest BCUT2D eigenvalue weighted by atomic mass is 35.5. The fourth-order valence-corrected chi connectivity index (χ4v) is 9.90. The molecule has 88 heavy (non-hydrogen) atoms. The van der Waals surface area contributed by atoms with Crippen molar-refractivity contribution < 1.29 is 62.4 Å². The third-order valence-corrected chi connectivity index (χ3v) is 14.6. The van der Waals surface area contributed by atoms with Gasteiger partial charge in [-0.3, -0.25) is 19.2 Å². The Morgan fingerprint density at radius 3 is 1.85 bits per heavy atom. The number of nitrogens with zero attached hydrogens (tertiary/aromatic N) is 2. The van der Waals surface area contributed by atoms with E-state index in [0.29, 0.717) is 23.7 Å². The van der Waals surface area contributed by atoms with Crippen molar-refractivity contribution >= 4 is 59.4 Å². The number of nitrogens with one attached hydrogen (secondary N) is 6. The van der Waals surface area contributed by atoms with Gasteiger partial charge in [-0.2, -0.15) is 0 Å². The van der Waals surface area contributed by atoms with Crippen molar-refractivity contribution in [3.05, 3.63) is 197 Å². The first-order valence-electron chi connectivity index (χ1n) is 29.0. The number of carbonyl (C=O) groups excluding carboxylic acids is 7. The van der Waals surface area contributed by atoms with E-state index in [-0.39, 0.29) is 90.5 Å². The number of aromatic nitrogens is 2. The molecule has 1 aliphatic carbocycles. The minimum absolute atomic E-state index is 0.00973. The third-order valence-electron chi connectivity index (χ3n) is 14.3. The van der Waals surface area contributed by atoms with Gasteiger partial charge in [0.1, 0.15) is 50.7 Å². The molecular weight excluding hydrogens is 1150 g/mol. The van der Waals surface area contributed by atoms with Crippen LogP contribution in [-0.4, -0.2) is 119 Å². The average molecular weight is 1220 g/mol. The standard InChI is InChI=1S/C65H74ClN9O13/c1-2-33-86-63(82)57(73-61(79)56(72-59(77)53(67)34-43-17-5-3-6-18-43)35-47-37-75(41-70-47)42-85-38-44-19-7-4-8-20-44)36-58(76)68-31-15-13-25-54(74-65(84)88-40-52-50-23-11-9-21-48(50)49-22-10-12-24-51(49)52)60(78)71-55(62(80)81)26-14-16-32-69-64(83)87-39-45-27-29-46(66)30-28-45/h2-12,17-24,27-30,37,41,52-57H,1,13-16,25-26,31-36,38-40,42,67H2,(H,68,76)(H,69,83)(H,71,78)(H,72,77)(H,73,79)(H,74,84)(H,80,81)/t53-,54-,55-,56-,57-/m0/s1. The van der Waals surface area contributed by atoms with Gasteiger partial charge in [0, 0.05) is 36.6 Å². The van der Waals surface area contributed by atoms with E-state index in [9.17, 15) is 43.5 Å². The monoisotopic (exact) mass is 1220 g/mol. The number of aliphatic carboxylic acids is 1. The van der Waals surface area contributed by atoms with Crippen molar-refractivity contribution in [2.45, 2.75) is 114 Å². The van der Waals surface area contributed by atoms with Crippen LogP contribution in [0.25, 0.3) is 11.1 Å². The Bertz CT molecular complexity index is 3250. The molecule has 1 aliphatic rings. The van der Waals surface area contributed by atoms with Crippen molar-refractivity contribution in [1.82, 2.24) is 41.5 Å². The molecule has 9 N–H and O–H groups in total. The Kier molecular flexibility index (Phi) is 26.1. The molecule has 5 atom stereocenters. The molecule has 1 aromatic heterocycles. The predicted molar refractivity (Wildman–Crippen MR) is 327 cm³/mol. The maximum atomic E-state index is 14.2. The number of carboxylic acid groups (broad SMARTS) is 1. The molecule has 6 aromatic rings. The molecule has 7 rings (SSSR count). The summed E-state index contributed by atoms with van der Waals surface area (Å²) < 4.78 is 23.8. The van der Waals surface area contributed by atoms with Crippen LogP contribution in [0.1, 0.15) is 84.4 Å². The number of unbranched alkanes of at least 4 members (excludes halogenated alkanes) is 2. The molecule has 0 spiro atoms. The Hall–Kier alpha value is -9.38. The first-order chi connectivity index (χ1) is 42.6. The van der Waals surface area contributed by atoms with Gasteiger partial charge in [0.15, 0.2) is 0 Å². The van der Waals surface area contributed by atoms with E-state index >= 15 is 0 Å². The van der Waals surface area contributed by atoms with E-state index in [0.717, 1.165) is 38.9 Å². The quantitative estimate of drug-likeness (QED) is 0.00881. The van der Waals surface area contributed by atoms with E-state index in [1.54, 1.807) is 35.0 Å². The van der Waals surface area contributed by atoms with E-state index in [1.807, 2.05) is 109 Å². The zero-order valence-electron chi connectivity index (χ0n) is 48.6. The summed E-state index contributed by atoms with van der Waals surface area (Å²) in [7, 11) is 0. The number of esters is 1. The molecule has 0 aliphatic heterocycles. The van der Waals surface area contributed by atoms with Gasteiger partial charge < -0.3 is 66.3 Å². The fraction of sp³-hybridized carbons (Fsp3) is 0.338.